The van der Waals surface area contributed by atoms with Crippen molar-refractivity contribution < 1.29 is 23.1 Å². The monoisotopic (exact) mass is 380 g/mol. The second-order valence-electron chi connectivity index (χ2n) is 5.13. The quantitative estimate of drug-likeness (QED) is 0.629. The Hall–Kier alpha value is -2.71. The van der Waals surface area contributed by atoms with Gasteiger partial charge in [0, 0.05) is 15.9 Å². The average molecular weight is 381 g/mol. The van der Waals surface area contributed by atoms with Gasteiger partial charge in [-0.15, -0.1) is 0 Å². The summed E-state index contributed by atoms with van der Waals surface area (Å²) in [5, 5.41) is 10.0. The molecule has 25 heavy (non-hydrogen) atoms. The Balaban J connectivity index is 2.17. The minimum Gasteiger partial charge on any atom is -0.495 e. The van der Waals surface area contributed by atoms with Gasteiger partial charge in [0.25, 0.3) is 10.0 Å². The number of nitrogens with one attached hydrogen (secondary N) is 2. The second kappa shape index (κ2) is 6.30. The van der Waals surface area contributed by atoms with Crippen LogP contribution in [0, 0.1) is 0 Å². The van der Waals surface area contributed by atoms with Crippen molar-refractivity contribution in [2.45, 2.75) is 4.90 Å². The summed E-state index contributed by atoms with van der Waals surface area (Å²) in [5.74, 6) is -1.19. The molecule has 7 nitrogen and oxygen atoms in total. The molecule has 0 radical (unpaired) electrons. The number of sulfonamides is 1. The molecular formula is C16H13ClN2O5S. The van der Waals surface area contributed by atoms with Crippen LogP contribution in [0.3, 0.4) is 0 Å². The number of hydrogen-bond donors (Lipinski definition) is 3. The zero-order valence-electron chi connectivity index (χ0n) is 12.9. The number of rotatable bonds is 5. The minimum atomic E-state index is -4.14. The number of H-pyrrole nitrogens is 1. The number of para-hydroxylation sites is 1. The van der Waals surface area contributed by atoms with Gasteiger partial charge in [-0.3, -0.25) is 4.72 Å². The van der Waals surface area contributed by atoms with Gasteiger partial charge in [0.2, 0.25) is 0 Å². The van der Waals surface area contributed by atoms with E-state index in [1.165, 1.54) is 25.3 Å². The number of carboxylic acid groups (broad SMARTS) is 1. The van der Waals surface area contributed by atoms with Crippen LogP contribution in [-0.4, -0.2) is 31.6 Å². The largest absolute Gasteiger partial charge is 0.495 e. The molecule has 0 spiro atoms. The zero-order chi connectivity index (χ0) is 18.2. The first-order chi connectivity index (χ1) is 11.8. The molecule has 0 unspecified atom stereocenters. The van der Waals surface area contributed by atoms with Gasteiger partial charge in [-0.25, -0.2) is 13.2 Å². The molecule has 0 saturated heterocycles. The Bertz CT molecular complexity index is 1080. The van der Waals surface area contributed by atoms with Gasteiger partial charge in [0.1, 0.15) is 16.3 Å². The van der Waals surface area contributed by atoms with Crippen molar-refractivity contribution in [1.29, 1.82) is 0 Å². The van der Waals surface area contributed by atoms with E-state index in [0.717, 1.165) is 0 Å². The molecule has 3 N–H and O–H groups in total. The summed E-state index contributed by atoms with van der Waals surface area (Å²) < 4.78 is 33.0. The zero-order valence-corrected chi connectivity index (χ0v) is 14.5. The normalized spacial score (nSPS) is 11.4. The van der Waals surface area contributed by atoms with Crippen molar-refractivity contribution in [3.05, 3.63) is 53.2 Å². The Morgan fingerprint density at radius 2 is 1.96 bits per heavy atom. The maximum Gasteiger partial charge on any atom is 0.354 e. The first-order valence-electron chi connectivity index (χ1n) is 7.04. The maximum absolute atomic E-state index is 12.8. The number of anilines is 1. The van der Waals surface area contributed by atoms with Gasteiger partial charge < -0.3 is 14.8 Å². The summed E-state index contributed by atoms with van der Waals surface area (Å²) in [5.41, 5.74) is 0.187. The number of ether oxygens (including phenoxy) is 1. The number of aromatic amines is 1. The summed E-state index contributed by atoms with van der Waals surface area (Å²) in [6.07, 6.45) is 0. The van der Waals surface area contributed by atoms with E-state index in [2.05, 4.69) is 9.71 Å². The third-order valence-electron chi connectivity index (χ3n) is 3.57. The topological polar surface area (TPSA) is 108 Å². The fraction of sp³-hybridized carbons (Fsp3) is 0.0625. The molecule has 0 amide bonds. The van der Waals surface area contributed by atoms with Crippen molar-refractivity contribution in [2.24, 2.45) is 0 Å². The highest BCUT2D eigenvalue weighted by molar-refractivity contribution is 7.92. The van der Waals surface area contributed by atoms with Crippen LogP contribution in [0.5, 0.6) is 5.75 Å². The van der Waals surface area contributed by atoms with Crippen LogP contribution in [0.2, 0.25) is 5.02 Å². The van der Waals surface area contributed by atoms with E-state index >= 15 is 0 Å². The van der Waals surface area contributed by atoms with Gasteiger partial charge in [0.15, 0.2) is 0 Å². The van der Waals surface area contributed by atoms with Gasteiger partial charge >= 0.3 is 5.97 Å². The van der Waals surface area contributed by atoms with Crippen LogP contribution in [0.1, 0.15) is 10.5 Å². The average Bonchev–Trinajstić information content (AvgIpc) is 2.93. The molecule has 0 bridgehead atoms. The van der Waals surface area contributed by atoms with Gasteiger partial charge in [0.05, 0.1) is 12.8 Å². The molecule has 3 aromatic rings. The molecule has 0 saturated carbocycles. The number of halogens is 1. The number of fused-ring (bicyclic) bond motifs is 1. The van der Waals surface area contributed by atoms with E-state index in [9.17, 15) is 18.3 Å². The van der Waals surface area contributed by atoms with E-state index in [4.69, 9.17) is 16.3 Å². The SMILES string of the molecule is COc1ccc(Cl)cc1S(=O)(=O)Nc1c(C(=O)O)[nH]c2ccccc12. The van der Waals surface area contributed by atoms with Crippen molar-refractivity contribution >= 4 is 44.2 Å². The minimum absolute atomic E-state index is 0.0508. The van der Waals surface area contributed by atoms with E-state index < -0.39 is 16.0 Å². The Morgan fingerprint density at radius 3 is 2.64 bits per heavy atom. The number of carbonyl (C=O) groups is 1. The lowest BCUT2D eigenvalue weighted by molar-refractivity contribution is 0.0692. The smallest absolute Gasteiger partial charge is 0.354 e. The number of carboxylic acids is 1. The lowest BCUT2D eigenvalue weighted by Gasteiger charge is -2.12. The lowest BCUT2D eigenvalue weighted by atomic mass is 10.2. The van der Waals surface area contributed by atoms with Gasteiger partial charge in [-0.05, 0) is 24.3 Å². The first kappa shape index (κ1) is 17.1. The van der Waals surface area contributed by atoms with Crippen LogP contribution < -0.4 is 9.46 Å². The van der Waals surface area contributed by atoms with Crippen LogP contribution in [0.4, 0.5) is 5.69 Å². The molecule has 130 valence electrons. The number of methoxy groups -OCH3 is 1. The van der Waals surface area contributed by atoms with E-state index in [0.29, 0.717) is 10.9 Å². The highest BCUT2D eigenvalue weighted by Gasteiger charge is 2.25. The molecule has 9 heteroatoms. The summed E-state index contributed by atoms with van der Waals surface area (Å²) in [4.78, 5) is 14.0. The number of benzene rings is 2. The highest BCUT2D eigenvalue weighted by Crippen LogP contribution is 2.33. The van der Waals surface area contributed by atoms with Crippen molar-refractivity contribution in [2.75, 3.05) is 11.8 Å². The first-order valence-corrected chi connectivity index (χ1v) is 8.90. The van der Waals surface area contributed by atoms with E-state index in [1.807, 2.05) is 0 Å². The molecule has 1 heterocycles. The molecule has 3 rings (SSSR count). The van der Waals surface area contributed by atoms with Crippen molar-refractivity contribution in [3.8, 4) is 5.75 Å². The summed E-state index contributed by atoms with van der Waals surface area (Å²) in [6.45, 7) is 0. The molecule has 0 fully saturated rings. The molecule has 0 aliphatic rings. The van der Waals surface area contributed by atoms with Crippen molar-refractivity contribution in [3.63, 3.8) is 0 Å². The number of aromatic carboxylic acids is 1. The van der Waals surface area contributed by atoms with Crippen LogP contribution in [-0.2, 0) is 10.0 Å². The fourth-order valence-corrected chi connectivity index (χ4v) is 3.98. The Morgan fingerprint density at radius 1 is 1.24 bits per heavy atom. The Kier molecular flexibility index (Phi) is 4.32. The summed E-state index contributed by atoms with van der Waals surface area (Å²) in [6, 6.07) is 10.8. The summed E-state index contributed by atoms with van der Waals surface area (Å²) in [7, 11) is -2.81. The second-order valence-corrected chi connectivity index (χ2v) is 7.21. The van der Waals surface area contributed by atoms with Gasteiger partial charge in [-0.1, -0.05) is 29.8 Å². The molecule has 0 aliphatic carbocycles. The third kappa shape index (κ3) is 3.13. The van der Waals surface area contributed by atoms with Crippen LogP contribution in [0.15, 0.2) is 47.4 Å². The molecule has 0 aliphatic heterocycles. The molecule has 0 atom stereocenters. The molecule has 2 aromatic carbocycles. The maximum atomic E-state index is 12.8. The number of hydrogen-bond acceptors (Lipinski definition) is 4. The summed E-state index contributed by atoms with van der Waals surface area (Å²) >= 11 is 5.89. The molecule has 1 aromatic heterocycles. The van der Waals surface area contributed by atoms with E-state index in [1.54, 1.807) is 24.3 Å². The predicted octanol–water partition coefficient (Wildman–Crippen LogP) is 3.33. The van der Waals surface area contributed by atoms with E-state index in [-0.39, 0.29) is 27.0 Å². The molecular weight excluding hydrogens is 368 g/mol. The third-order valence-corrected chi connectivity index (χ3v) is 5.18. The fourth-order valence-electron chi connectivity index (χ4n) is 2.46. The van der Waals surface area contributed by atoms with Crippen LogP contribution >= 0.6 is 11.6 Å². The predicted molar refractivity (Wildman–Crippen MR) is 94.1 cm³/mol. The lowest BCUT2D eigenvalue weighted by Crippen LogP contribution is -2.16. The van der Waals surface area contributed by atoms with Crippen LogP contribution in [0.25, 0.3) is 10.9 Å². The highest BCUT2D eigenvalue weighted by atomic mass is 35.5. The van der Waals surface area contributed by atoms with Gasteiger partial charge in [-0.2, -0.15) is 0 Å². The van der Waals surface area contributed by atoms with Crippen molar-refractivity contribution in [1.82, 2.24) is 4.98 Å². The Labute approximate surface area is 148 Å². The number of aromatic nitrogens is 1. The standard InChI is InChI=1S/C16H13ClN2O5S/c1-24-12-7-6-9(17)8-13(12)25(22,23)19-14-10-4-2-3-5-11(10)18-15(14)16(20)21/h2-8,18-19H,1H3,(H,20,21).